The maximum atomic E-state index is 13.1. The van der Waals surface area contributed by atoms with Crippen molar-refractivity contribution in [3.8, 4) is 5.75 Å². The summed E-state index contributed by atoms with van der Waals surface area (Å²) < 4.78 is 40.7. The van der Waals surface area contributed by atoms with Crippen LogP contribution in [0.15, 0.2) is 42.6 Å². The van der Waals surface area contributed by atoms with Crippen LogP contribution in [-0.4, -0.2) is 20.8 Å². The van der Waals surface area contributed by atoms with E-state index < -0.39 is 17.6 Å². The molecule has 3 aromatic rings. The SMILES string of the molecule is Cn1ncc(C(=O)NCc2ccccc2C(F)(F)F)c1Nc1cc(Cl)c(O)c(Cl)c1. The van der Waals surface area contributed by atoms with E-state index in [2.05, 4.69) is 15.7 Å². The van der Waals surface area contributed by atoms with Crippen molar-refractivity contribution in [1.82, 2.24) is 15.1 Å². The number of hydrogen-bond acceptors (Lipinski definition) is 4. The van der Waals surface area contributed by atoms with E-state index in [-0.39, 0.29) is 39.3 Å². The number of aromatic nitrogens is 2. The van der Waals surface area contributed by atoms with Crippen LogP contribution in [-0.2, 0) is 19.8 Å². The Morgan fingerprint density at radius 1 is 1.20 bits per heavy atom. The molecule has 1 amide bonds. The fourth-order valence-electron chi connectivity index (χ4n) is 2.75. The maximum Gasteiger partial charge on any atom is 0.416 e. The number of benzene rings is 2. The summed E-state index contributed by atoms with van der Waals surface area (Å²) in [4.78, 5) is 12.6. The third-order valence-corrected chi connectivity index (χ3v) is 4.80. The number of rotatable bonds is 5. The van der Waals surface area contributed by atoms with Gasteiger partial charge in [0.05, 0.1) is 21.8 Å². The Morgan fingerprint density at radius 2 is 1.83 bits per heavy atom. The van der Waals surface area contributed by atoms with E-state index in [0.29, 0.717) is 5.69 Å². The highest BCUT2D eigenvalue weighted by Crippen LogP contribution is 2.36. The smallest absolute Gasteiger partial charge is 0.416 e. The summed E-state index contributed by atoms with van der Waals surface area (Å²) in [6, 6.07) is 7.80. The van der Waals surface area contributed by atoms with Crippen molar-refractivity contribution in [1.29, 1.82) is 0 Å². The van der Waals surface area contributed by atoms with Crippen LogP contribution in [0.3, 0.4) is 0 Å². The Bertz CT molecular complexity index is 1080. The van der Waals surface area contributed by atoms with Gasteiger partial charge in [0.2, 0.25) is 0 Å². The van der Waals surface area contributed by atoms with Crippen LogP contribution in [0.25, 0.3) is 0 Å². The molecule has 0 bridgehead atoms. The number of aromatic hydroxyl groups is 1. The summed E-state index contributed by atoms with van der Waals surface area (Å²) in [6.07, 6.45) is -3.25. The lowest BCUT2D eigenvalue weighted by molar-refractivity contribution is -0.138. The average molecular weight is 459 g/mol. The van der Waals surface area contributed by atoms with Gasteiger partial charge in [0.25, 0.3) is 5.91 Å². The number of hydrogen-bond donors (Lipinski definition) is 3. The standard InChI is InChI=1S/C19H15Cl2F3N4O2/c1-28-17(27-11-6-14(20)16(29)15(21)7-11)12(9-26-28)18(30)25-8-10-4-2-3-5-13(10)19(22,23)24/h2-7,9,27,29H,8H2,1H3,(H,25,30). The molecule has 0 aliphatic carbocycles. The van der Waals surface area contributed by atoms with Crippen LogP contribution >= 0.6 is 23.2 Å². The molecular weight excluding hydrogens is 444 g/mol. The summed E-state index contributed by atoms with van der Waals surface area (Å²) in [5.74, 6) is -0.650. The lowest BCUT2D eigenvalue weighted by atomic mass is 10.1. The van der Waals surface area contributed by atoms with Gasteiger partial charge in [-0.3, -0.25) is 9.48 Å². The Balaban J connectivity index is 1.81. The molecule has 11 heteroatoms. The number of nitrogens with zero attached hydrogens (tertiary/aromatic N) is 2. The van der Waals surface area contributed by atoms with Gasteiger partial charge in [-0.2, -0.15) is 18.3 Å². The third kappa shape index (κ3) is 4.63. The van der Waals surface area contributed by atoms with E-state index in [1.807, 2.05) is 0 Å². The van der Waals surface area contributed by atoms with Crippen molar-refractivity contribution in [2.45, 2.75) is 12.7 Å². The summed E-state index contributed by atoms with van der Waals surface area (Å²) in [7, 11) is 1.57. The molecule has 6 nitrogen and oxygen atoms in total. The van der Waals surface area contributed by atoms with E-state index in [1.165, 1.54) is 41.2 Å². The summed E-state index contributed by atoms with van der Waals surface area (Å²) in [6.45, 7) is -0.320. The molecule has 0 radical (unpaired) electrons. The minimum Gasteiger partial charge on any atom is -0.505 e. The second-order valence-corrected chi connectivity index (χ2v) is 7.10. The first kappa shape index (κ1) is 21.8. The van der Waals surface area contributed by atoms with Crippen molar-refractivity contribution in [3.63, 3.8) is 0 Å². The second-order valence-electron chi connectivity index (χ2n) is 6.28. The van der Waals surface area contributed by atoms with Gasteiger partial charge in [0, 0.05) is 19.3 Å². The second kappa shape index (κ2) is 8.45. The van der Waals surface area contributed by atoms with Gasteiger partial charge in [-0.15, -0.1) is 0 Å². The first-order valence-electron chi connectivity index (χ1n) is 8.48. The molecule has 0 atom stereocenters. The summed E-state index contributed by atoms with van der Waals surface area (Å²) >= 11 is 11.8. The number of nitrogens with one attached hydrogen (secondary N) is 2. The minimum atomic E-state index is -4.53. The first-order valence-corrected chi connectivity index (χ1v) is 9.24. The van der Waals surface area contributed by atoms with Crippen LogP contribution in [0.5, 0.6) is 5.75 Å². The third-order valence-electron chi connectivity index (χ3n) is 4.23. The quantitative estimate of drug-likeness (QED) is 0.463. The molecule has 3 N–H and O–H groups in total. The molecule has 0 aliphatic heterocycles. The number of carbonyl (C=O) groups is 1. The molecule has 3 rings (SSSR count). The van der Waals surface area contributed by atoms with Gasteiger partial charge < -0.3 is 15.7 Å². The van der Waals surface area contributed by atoms with Crippen molar-refractivity contribution in [2.24, 2.45) is 7.05 Å². The molecule has 158 valence electrons. The van der Waals surface area contributed by atoms with Gasteiger partial charge in [0.15, 0.2) is 5.75 Å². The molecule has 0 saturated heterocycles. The largest absolute Gasteiger partial charge is 0.505 e. The number of phenols is 1. The molecule has 0 aliphatic rings. The number of halogens is 5. The highest BCUT2D eigenvalue weighted by atomic mass is 35.5. The molecule has 0 spiro atoms. The Kier molecular flexibility index (Phi) is 6.14. The number of amides is 1. The number of aryl methyl sites for hydroxylation is 1. The monoisotopic (exact) mass is 458 g/mol. The molecule has 1 heterocycles. The predicted octanol–water partition coefficient (Wildman–Crippen LogP) is 5.12. The van der Waals surface area contributed by atoms with Crippen molar-refractivity contribution in [3.05, 3.63) is 69.3 Å². The molecule has 0 saturated carbocycles. The average Bonchev–Trinajstić information content (AvgIpc) is 3.04. The van der Waals surface area contributed by atoms with Gasteiger partial charge in [0.1, 0.15) is 11.4 Å². The van der Waals surface area contributed by atoms with Gasteiger partial charge >= 0.3 is 6.18 Å². The molecule has 0 fully saturated rings. The van der Waals surface area contributed by atoms with Crippen LogP contribution in [0.2, 0.25) is 10.0 Å². The number of carbonyl (C=O) groups excluding carboxylic acids is 1. The topological polar surface area (TPSA) is 79.2 Å². The fourth-order valence-corrected chi connectivity index (χ4v) is 3.24. The van der Waals surface area contributed by atoms with Gasteiger partial charge in [-0.25, -0.2) is 0 Å². The van der Waals surface area contributed by atoms with Crippen molar-refractivity contribution in [2.75, 3.05) is 5.32 Å². The summed E-state index contributed by atoms with van der Waals surface area (Å²) in [5.41, 5.74) is -0.401. The van der Waals surface area contributed by atoms with Gasteiger partial charge in [-0.1, -0.05) is 41.4 Å². The zero-order valence-electron chi connectivity index (χ0n) is 15.4. The zero-order valence-corrected chi connectivity index (χ0v) is 16.9. The Hall–Kier alpha value is -2.91. The molecular formula is C19H15Cl2F3N4O2. The van der Waals surface area contributed by atoms with E-state index in [0.717, 1.165) is 6.07 Å². The van der Waals surface area contributed by atoms with E-state index >= 15 is 0 Å². The maximum absolute atomic E-state index is 13.1. The Morgan fingerprint density at radius 3 is 2.47 bits per heavy atom. The molecule has 30 heavy (non-hydrogen) atoms. The minimum absolute atomic E-state index is 0.00178. The zero-order chi connectivity index (χ0) is 22.1. The van der Waals surface area contributed by atoms with Crippen LogP contribution < -0.4 is 10.6 Å². The van der Waals surface area contributed by atoms with Crippen LogP contribution in [0.4, 0.5) is 24.7 Å². The highest BCUT2D eigenvalue weighted by molar-refractivity contribution is 6.37. The molecule has 2 aromatic carbocycles. The van der Waals surface area contributed by atoms with E-state index in [9.17, 15) is 23.1 Å². The number of alkyl halides is 3. The fraction of sp³-hybridized carbons (Fsp3) is 0.158. The van der Waals surface area contributed by atoms with E-state index in [4.69, 9.17) is 23.2 Å². The Labute approximate surface area is 179 Å². The summed E-state index contributed by atoms with van der Waals surface area (Å²) in [5, 5.41) is 19.1. The molecule has 1 aromatic heterocycles. The van der Waals surface area contributed by atoms with Crippen molar-refractivity contribution < 1.29 is 23.1 Å². The van der Waals surface area contributed by atoms with Crippen molar-refractivity contribution >= 4 is 40.6 Å². The first-order chi connectivity index (χ1) is 14.1. The van der Waals surface area contributed by atoms with E-state index in [1.54, 1.807) is 7.05 Å². The van der Waals surface area contributed by atoms with Crippen LogP contribution in [0, 0.1) is 0 Å². The predicted molar refractivity (Wildman–Crippen MR) is 107 cm³/mol. The number of phenolic OH excluding ortho intramolecular Hbond substituents is 1. The molecule has 0 unspecified atom stereocenters. The lowest BCUT2D eigenvalue weighted by Gasteiger charge is -2.14. The highest BCUT2D eigenvalue weighted by Gasteiger charge is 2.33. The normalized spacial score (nSPS) is 11.4. The number of anilines is 2. The lowest BCUT2D eigenvalue weighted by Crippen LogP contribution is -2.25. The van der Waals surface area contributed by atoms with Crippen LogP contribution in [0.1, 0.15) is 21.5 Å². The van der Waals surface area contributed by atoms with Gasteiger partial charge in [-0.05, 0) is 23.8 Å².